The van der Waals surface area contributed by atoms with Crippen molar-refractivity contribution in [1.29, 1.82) is 0 Å². The minimum atomic E-state index is -0.880. The molecule has 0 radical (unpaired) electrons. The molecule has 0 spiro atoms. The Bertz CT molecular complexity index is 771. The normalized spacial score (nSPS) is 20.2. The molecule has 1 saturated heterocycles. The number of hydrogen-bond acceptors (Lipinski definition) is 3. The summed E-state index contributed by atoms with van der Waals surface area (Å²) in [6.07, 6.45) is 2.20. The molecule has 0 bridgehead atoms. The Hall–Kier alpha value is -2.83. The van der Waals surface area contributed by atoms with Gasteiger partial charge in [-0.1, -0.05) is 30.3 Å². The van der Waals surface area contributed by atoms with E-state index in [0.717, 1.165) is 5.56 Å². The zero-order valence-electron chi connectivity index (χ0n) is 13.7. The van der Waals surface area contributed by atoms with Gasteiger partial charge < -0.3 is 15.3 Å². The van der Waals surface area contributed by atoms with Crippen LogP contribution in [0.4, 0.5) is 10.5 Å². The first-order chi connectivity index (χ1) is 11.4. The van der Waals surface area contributed by atoms with Crippen LogP contribution in [0.1, 0.15) is 13.3 Å². The molecule has 2 heterocycles. The summed E-state index contributed by atoms with van der Waals surface area (Å²) in [6.45, 7) is 2.30. The lowest BCUT2D eigenvalue weighted by atomic mass is 9.90. The fourth-order valence-electron chi connectivity index (χ4n) is 2.89. The number of anilines is 1. The molecule has 24 heavy (non-hydrogen) atoms. The summed E-state index contributed by atoms with van der Waals surface area (Å²) >= 11 is 0. The van der Waals surface area contributed by atoms with E-state index in [-0.39, 0.29) is 12.6 Å². The molecule has 1 aromatic carbocycles. The molecule has 2 N–H and O–H groups in total. The molecule has 2 amide bonds. The Labute approximate surface area is 139 Å². The number of aliphatic carboxylic acids is 1. The minimum absolute atomic E-state index is 0.203. The van der Waals surface area contributed by atoms with Gasteiger partial charge in [0.05, 0.1) is 11.1 Å². The van der Waals surface area contributed by atoms with E-state index in [1.807, 2.05) is 30.3 Å². The highest BCUT2D eigenvalue weighted by Gasteiger charge is 2.42. The number of aryl methyl sites for hydroxylation is 1. The average Bonchev–Trinajstić information content (AvgIpc) is 3.12. The Kier molecular flexibility index (Phi) is 4.01. The zero-order chi connectivity index (χ0) is 17.3. The standard InChI is InChI=1S/C17H20N4O3/c1-17(15(22)23)8-9-21(11-17)16(24)18-13-10-20(2)19-14(13)12-6-4-3-5-7-12/h3-7,10H,8-9,11H2,1-2H3,(H,18,24)(H,22,23). The number of urea groups is 1. The smallest absolute Gasteiger partial charge is 0.321 e. The number of nitrogens with one attached hydrogen (secondary N) is 1. The number of benzene rings is 1. The van der Waals surface area contributed by atoms with Crippen LogP contribution in [0.3, 0.4) is 0 Å². The number of aromatic nitrogens is 2. The lowest BCUT2D eigenvalue weighted by Gasteiger charge is -2.20. The van der Waals surface area contributed by atoms with Gasteiger partial charge in [0.1, 0.15) is 5.69 Å². The zero-order valence-corrected chi connectivity index (χ0v) is 13.7. The molecule has 2 aromatic rings. The van der Waals surface area contributed by atoms with Crippen molar-refractivity contribution >= 4 is 17.7 Å². The van der Waals surface area contributed by atoms with Crippen LogP contribution in [-0.4, -0.2) is 44.9 Å². The van der Waals surface area contributed by atoms with Gasteiger partial charge in [-0.3, -0.25) is 9.48 Å². The van der Waals surface area contributed by atoms with E-state index >= 15 is 0 Å². The SMILES string of the molecule is Cn1cc(NC(=O)N2CCC(C)(C(=O)O)C2)c(-c2ccccc2)n1. The maximum Gasteiger partial charge on any atom is 0.321 e. The summed E-state index contributed by atoms with van der Waals surface area (Å²) in [5.74, 6) is -0.871. The number of rotatable bonds is 3. The first-order valence-electron chi connectivity index (χ1n) is 7.77. The van der Waals surface area contributed by atoms with E-state index in [1.54, 1.807) is 24.9 Å². The quantitative estimate of drug-likeness (QED) is 0.906. The highest BCUT2D eigenvalue weighted by atomic mass is 16.4. The third kappa shape index (κ3) is 2.97. The summed E-state index contributed by atoms with van der Waals surface area (Å²) in [5, 5.41) is 16.6. The fourth-order valence-corrected chi connectivity index (χ4v) is 2.89. The van der Waals surface area contributed by atoms with Crippen LogP contribution in [0.5, 0.6) is 0 Å². The van der Waals surface area contributed by atoms with Gasteiger partial charge in [-0.2, -0.15) is 5.10 Å². The molecular weight excluding hydrogens is 308 g/mol. The summed E-state index contributed by atoms with van der Waals surface area (Å²) < 4.78 is 1.64. The number of carboxylic acids is 1. The van der Waals surface area contributed by atoms with E-state index in [1.165, 1.54) is 4.90 Å². The first-order valence-corrected chi connectivity index (χ1v) is 7.77. The average molecular weight is 328 g/mol. The largest absolute Gasteiger partial charge is 0.481 e. The first kappa shape index (κ1) is 16.0. The molecule has 0 aliphatic carbocycles. The lowest BCUT2D eigenvalue weighted by molar-refractivity contribution is -0.146. The van der Waals surface area contributed by atoms with Gasteiger partial charge in [0.2, 0.25) is 0 Å². The Morgan fingerprint density at radius 1 is 1.29 bits per heavy atom. The minimum Gasteiger partial charge on any atom is -0.481 e. The predicted molar refractivity (Wildman–Crippen MR) is 89.6 cm³/mol. The molecular formula is C17H20N4O3. The molecule has 1 unspecified atom stereocenters. The van der Waals surface area contributed by atoms with Crippen molar-refractivity contribution in [3.8, 4) is 11.3 Å². The van der Waals surface area contributed by atoms with Crippen LogP contribution in [0.2, 0.25) is 0 Å². The van der Waals surface area contributed by atoms with Crippen molar-refractivity contribution < 1.29 is 14.7 Å². The van der Waals surface area contributed by atoms with Gasteiger partial charge in [0.15, 0.2) is 0 Å². The van der Waals surface area contributed by atoms with E-state index in [0.29, 0.717) is 24.3 Å². The van der Waals surface area contributed by atoms with Gasteiger partial charge in [-0.25, -0.2) is 4.79 Å². The number of likely N-dealkylation sites (tertiary alicyclic amines) is 1. The summed E-state index contributed by atoms with van der Waals surface area (Å²) in [4.78, 5) is 25.4. The predicted octanol–water partition coefficient (Wildman–Crippen LogP) is 2.42. The lowest BCUT2D eigenvalue weighted by Crippen LogP contribution is -2.37. The van der Waals surface area contributed by atoms with Gasteiger partial charge in [-0.15, -0.1) is 0 Å². The van der Waals surface area contributed by atoms with Gasteiger partial charge >= 0.3 is 12.0 Å². The van der Waals surface area contributed by atoms with Crippen LogP contribution < -0.4 is 5.32 Å². The van der Waals surface area contributed by atoms with Crippen LogP contribution in [0, 0.1) is 5.41 Å². The number of nitrogens with zero attached hydrogens (tertiary/aromatic N) is 3. The molecule has 1 aromatic heterocycles. The van der Waals surface area contributed by atoms with Crippen molar-refractivity contribution in [2.45, 2.75) is 13.3 Å². The third-order valence-electron chi connectivity index (χ3n) is 4.39. The molecule has 3 rings (SSSR count). The monoisotopic (exact) mass is 328 g/mol. The van der Waals surface area contributed by atoms with Crippen molar-refractivity contribution in [2.75, 3.05) is 18.4 Å². The summed E-state index contributed by atoms with van der Waals surface area (Å²) in [5.41, 5.74) is 1.32. The topological polar surface area (TPSA) is 87.5 Å². The fraction of sp³-hybridized carbons (Fsp3) is 0.353. The van der Waals surface area contributed by atoms with Crippen molar-refractivity contribution in [1.82, 2.24) is 14.7 Å². The van der Waals surface area contributed by atoms with Crippen molar-refractivity contribution in [3.05, 3.63) is 36.5 Å². The molecule has 1 atom stereocenters. The molecule has 126 valence electrons. The second-order valence-corrected chi connectivity index (χ2v) is 6.40. The Morgan fingerprint density at radius 3 is 2.62 bits per heavy atom. The molecule has 1 aliphatic heterocycles. The second-order valence-electron chi connectivity index (χ2n) is 6.40. The van der Waals surface area contributed by atoms with Crippen LogP contribution in [-0.2, 0) is 11.8 Å². The van der Waals surface area contributed by atoms with Crippen molar-refractivity contribution in [2.24, 2.45) is 12.5 Å². The number of hydrogen-bond donors (Lipinski definition) is 2. The molecule has 1 fully saturated rings. The van der Waals surface area contributed by atoms with Crippen LogP contribution in [0.15, 0.2) is 36.5 Å². The molecule has 0 saturated carbocycles. The van der Waals surface area contributed by atoms with E-state index in [4.69, 9.17) is 0 Å². The Balaban J connectivity index is 1.78. The van der Waals surface area contributed by atoms with Gasteiger partial charge in [0.25, 0.3) is 0 Å². The summed E-state index contributed by atoms with van der Waals surface area (Å²) in [7, 11) is 1.79. The maximum atomic E-state index is 12.5. The van der Waals surface area contributed by atoms with E-state index < -0.39 is 11.4 Å². The molecule has 7 heteroatoms. The third-order valence-corrected chi connectivity index (χ3v) is 4.39. The Morgan fingerprint density at radius 2 is 2.00 bits per heavy atom. The number of carbonyl (C=O) groups excluding carboxylic acids is 1. The van der Waals surface area contributed by atoms with E-state index in [2.05, 4.69) is 10.4 Å². The number of carboxylic acid groups (broad SMARTS) is 1. The van der Waals surface area contributed by atoms with Crippen molar-refractivity contribution in [3.63, 3.8) is 0 Å². The summed E-state index contributed by atoms with van der Waals surface area (Å²) in [6, 6.07) is 9.29. The van der Waals surface area contributed by atoms with E-state index in [9.17, 15) is 14.7 Å². The van der Waals surface area contributed by atoms with Gasteiger partial charge in [0, 0.05) is 31.9 Å². The second kappa shape index (κ2) is 5.99. The highest BCUT2D eigenvalue weighted by molar-refractivity contribution is 5.94. The number of amides is 2. The molecule has 7 nitrogen and oxygen atoms in total. The number of carbonyl (C=O) groups is 2. The highest BCUT2D eigenvalue weighted by Crippen LogP contribution is 2.31. The maximum absolute atomic E-state index is 12.5. The van der Waals surface area contributed by atoms with Gasteiger partial charge in [-0.05, 0) is 13.3 Å². The van der Waals surface area contributed by atoms with Crippen LogP contribution in [0.25, 0.3) is 11.3 Å². The van der Waals surface area contributed by atoms with Crippen LogP contribution >= 0.6 is 0 Å². The molecule has 1 aliphatic rings.